The summed E-state index contributed by atoms with van der Waals surface area (Å²) in [6, 6.07) is 63.6. The third kappa shape index (κ3) is 4.42. The molecule has 0 N–H and O–H groups in total. The summed E-state index contributed by atoms with van der Waals surface area (Å²) in [5.41, 5.74) is 12.5. The molecule has 0 amide bonds. The number of hydrogen-bond donors (Lipinski definition) is 0. The maximum atomic E-state index is 6.29. The highest BCUT2D eigenvalue weighted by molar-refractivity contribution is 6.24. The van der Waals surface area contributed by atoms with E-state index in [-0.39, 0.29) is 0 Å². The van der Waals surface area contributed by atoms with Crippen molar-refractivity contribution in [1.29, 1.82) is 0 Å². The molecule has 0 aliphatic carbocycles. The minimum absolute atomic E-state index is 0.597. The van der Waals surface area contributed by atoms with E-state index in [1.165, 1.54) is 5.39 Å². The largest absolute Gasteiger partial charge is 0.456 e. The smallest absolute Gasteiger partial charge is 0.235 e. The van der Waals surface area contributed by atoms with E-state index in [0.29, 0.717) is 5.95 Å². The number of aromatic nitrogens is 4. The first kappa shape index (κ1) is 31.3. The Morgan fingerprint density at radius 1 is 0.328 bits per heavy atom. The third-order valence-corrected chi connectivity index (χ3v) is 11.7. The minimum atomic E-state index is 0.597. The van der Waals surface area contributed by atoms with Crippen molar-refractivity contribution in [3.8, 4) is 34.2 Å². The zero-order valence-corrected chi connectivity index (χ0v) is 30.9. The van der Waals surface area contributed by atoms with Gasteiger partial charge in [-0.25, -0.2) is 9.97 Å². The van der Waals surface area contributed by atoms with E-state index in [1.807, 2.05) is 30.3 Å². The lowest BCUT2D eigenvalue weighted by Crippen LogP contribution is -2.05. The van der Waals surface area contributed by atoms with Crippen LogP contribution in [-0.2, 0) is 0 Å². The van der Waals surface area contributed by atoms with Crippen molar-refractivity contribution in [3.63, 3.8) is 0 Å². The molecule has 13 aromatic rings. The molecule has 0 bridgehead atoms. The summed E-state index contributed by atoms with van der Waals surface area (Å²) in [7, 11) is 0. The number of para-hydroxylation sites is 4. The van der Waals surface area contributed by atoms with Crippen LogP contribution in [0.15, 0.2) is 191 Å². The van der Waals surface area contributed by atoms with Crippen molar-refractivity contribution < 1.29 is 8.83 Å². The Morgan fingerprint density at radius 3 is 1.50 bits per heavy atom. The van der Waals surface area contributed by atoms with Crippen molar-refractivity contribution in [2.45, 2.75) is 0 Å². The van der Waals surface area contributed by atoms with E-state index >= 15 is 0 Å². The first-order chi connectivity index (χ1) is 28.7. The standard InChI is InChI=1S/C52H30N4O2/c1-2-12-31(13-3-1)42-30-43(32-22-26-48-40(28-32)36-16-6-10-20-46(36)57-48)54-52(53-42)56-45-19-9-5-15-35(45)39-25-24-38-34-14-4-8-18-44(34)55(50(38)51(39)56)33-23-27-49-41(29-33)37-17-7-11-21-47(37)58-49/h1-30H. The van der Waals surface area contributed by atoms with Crippen molar-refractivity contribution in [3.05, 3.63) is 182 Å². The summed E-state index contributed by atoms with van der Waals surface area (Å²) in [6.07, 6.45) is 0. The van der Waals surface area contributed by atoms with E-state index < -0.39 is 0 Å². The monoisotopic (exact) mass is 742 g/mol. The summed E-state index contributed by atoms with van der Waals surface area (Å²) >= 11 is 0. The maximum absolute atomic E-state index is 6.29. The summed E-state index contributed by atoms with van der Waals surface area (Å²) in [6.45, 7) is 0. The molecular weight excluding hydrogens is 713 g/mol. The van der Waals surface area contributed by atoms with Gasteiger partial charge >= 0.3 is 0 Å². The second-order valence-electron chi connectivity index (χ2n) is 15.0. The molecule has 6 nitrogen and oxygen atoms in total. The molecule has 0 aliphatic heterocycles. The summed E-state index contributed by atoms with van der Waals surface area (Å²) in [5.74, 6) is 0.597. The van der Waals surface area contributed by atoms with Crippen LogP contribution in [-0.4, -0.2) is 19.1 Å². The highest BCUT2D eigenvalue weighted by atomic mass is 16.3. The summed E-state index contributed by atoms with van der Waals surface area (Å²) < 4.78 is 17.2. The van der Waals surface area contributed by atoms with Crippen molar-refractivity contribution in [2.75, 3.05) is 0 Å². The van der Waals surface area contributed by atoms with Gasteiger partial charge in [0, 0.05) is 59.9 Å². The predicted molar refractivity (Wildman–Crippen MR) is 236 cm³/mol. The molecule has 0 spiro atoms. The lowest BCUT2D eigenvalue weighted by molar-refractivity contribution is 0.668. The number of furan rings is 2. The molecule has 0 unspecified atom stereocenters. The highest BCUT2D eigenvalue weighted by Crippen LogP contribution is 2.43. The van der Waals surface area contributed by atoms with Crippen LogP contribution in [0.4, 0.5) is 0 Å². The van der Waals surface area contributed by atoms with Crippen molar-refractivity contribution in [1.82, 2.24) is 19.1 Å². The van der Waals surface area contributed by atoms with Gasteiger partial charge in [-0.05, 0) is 66.7 Å². The SMILES string of the molecule is c1ccc(-c2cc(-c3ccc4oc5ccccc5c4c3)nc(-n3c4ccccc4c4ccc5c6ccccc6n(-c6ccc7oc8ccccc8c7c6)c5c43)n2)cc1. The predicted octanol–water partition coefficient (Wildman–Crippen LogP) is 13.8. The lowest BCUT2D eigenvalue weighted by Gasteiger charge is -2.14. The van der Waals surface area contributed by atoms with Crippen molar-refractivity contribution in [2.24, 2.45) is 0 Å². The van der Waals surface area contributed by atoms with Crippen LogP contribution < -0.4 is 0 Å². The number of nitrogens with zero attached hydrogens (tertiary/aromatic N) is 4. The Labute approximate surface area is 330 Å². The van der Waals surface area contributed by atoms with Crippen LogP contribution in [0.5, 0.6) is 0 Å². The van der Waals surface area contributed by atoms with Gasteiger partial charge in [0.2, 0.25) is 5.95 Å². The van der Waals surface area contributed by atoms with Gasteiger partial charge in [0.15, 0.2) is 0 Å². The number of rotatable bonds is 4. The molecule has 270 valence electrons. The van der Waals surface area contributed by atoms with Crippen LogP contribution in [0.2, 0.25) is 0 Å². The van der Waals surface area contributed by atoms with Gasteiger partial charge in [0.1, 0.15) is 22.3 Å². The van der Waals surface area contributed by atoms with Crippen molar-refractivity contribution >= 4 is 87.5 Å². The van der Waals surface area contributed by atoms with Gasteiger partial charge in [0.05, 0.1) is 33.5 Å². The average Bonchev–Trinajstić information content (AvgIpc) is 4.04. The molecule has 13 rings (SSSR count). The molecule has 8 aromatic carbocycles. The normalized spacial score (nSPS) is 12.1. The second kappa shape index (κ2) is 11.8. The Morgan fingerprint density at radius 2 is 0.828 bits per heavy atom. The zero-order chi connectivity index (χ0) is 37.9. The van der Waals surface area contributed by atoms with Gasteiger partial charge in [0.25, 0.3) is 0 Å². The minimum Gasteiger partial charge on any atom is -0.456 e. The molecule has 0 atom stereocenters. The number of fused-ring (bicyclic) bond motifs is 13. The molecule has 58 heavy (non-hydrogen) atoms. The zero-order valence-electron chi connectivity index (χ0n) is 30.9. The topological polar surface area (TPSA) is 61.9 Å². The van der Waals surface area contributed by atoms with E-state index in [1.54, 1.807) is 0 Å². The fraction of sp³-hybridized carbons (Fsp3) is 0. The summed E-state index contributed by atoms with van der Waals surface area (Å²) in [4.78, 5) is 10.9. The van der Waals surface area contributed by atoms with Crippen LogP contribution in [0, 0.1) is 0 Å². The summed E-state index contributed by atoms with van der Waals surface area (Å²) in [5, 5.41) is 8.90. The van der Waals surface area contributed by atoms with Crippen LogP contribution >= 0.6 is 0 Å². The van der Waals surface area contributed by atoms with Gasteiger partial charge < -0.3 is 13.4 Å². The van der Waals surface area contributed by atoms with Crippen LogP contribution in [0.25, 0.3) is 122 Å². The molecule has 5 heterocycles. The first-order valence-corrected chi connectivity index (χ1v) is 19.5. The van der Waals surface area contributed by atoms with Gasteiger partial charge in [-0.15, -0.1) is 0 Å². The van der Waals surface area contributed by atoms with Crippen LogP contribution in [0.3, 0.4) is 0 Å². The van der Waals surface area contributed by atoms with E-state index in [9.17, 15) is 0 Å². The fourth-order valence-electron chi connectivity index (χ4n) is 9.15. The molecule has 6 heteroatoms. The molecule has 0 aliphatic rings. The second-order valence-corrected chi connectivity index (χ2v) is 15.0. The average molecular weight is 743 g/mol. The van der Waals surface area contributed by atoms with E-state index in [0.717, 1.165) is 110 Å². The van der Waals surface area contributed by atoms with Gasteiger partial charge in [-0.1, -0.05) is 115 Å². The molecule has 5 aromatic heterocycles. The fourth-order valence-corrected chi connectivity index (χ4v) is 9.15. The number of hydrogen-bond acceptors (Lipinski definition) is 4. The first-order valence-electron chi connectivity index (χ1n) is 19.5. The van der Waals surface area contributed by atoms with Crippen LogP contribution in [0.1, 0.15) is 0 Å². The Hall–Kier alpha value is -7.96. The quantitative estimate of drug-likeness (QED) is 0.180. The molecular formula is C52H30N4O2. The van der Waals surface area contributed by atoms with E-state index in [2.05, 4.69) is 161 Å². The molecule has 0 saturated heterocycles. The third-order valence-electron chi connectivity index (χ3n) is 11.7. The Bertz CT molecular complexity index is 3810. The van der Waals surface area contributed by atoms with Gasteiger partial charge in [-0.2, -0.15) is 0 Å². The van der Waals surface area contributed by atoms with Gasteiger partial charge in [-0.3, -0.25) is 4.57 Å². The lowest BCUT2D eigenvalue weighted by atomic mass is 10.0. The van der Waals surface area contributed by atoms with E-state index in [4.69, 9.17) is 18.8 Å². The molecule has 0 radical (unpaired) electrons. The Kier molecular flexibility index (Phi) is 6.35. The number of benzene rings is 8. The maximum Gasteiger partial charge on any atom is 0.235 e. The molecule has 0 saturated carbocycles. The highest BCUT2D eigenvalue weighted by Gasteiger charge is 2.24. The Balaban J connectivity index is 1.15. The molecule has 0 fully saturated rings.